The molecule has 0 aliphatic rings. The molecule has 0 aromatic rings. The molecule has 0 rings (SSSR count). The molecular formula is C57H92O6. The first-order valence-corrected chi connectivity index (χ1v) is 25.4. The summed E-state index contributed by atoms with van der Waals surface area (Å²) in [6.45, 7) is 6.28. The molecule has 0 saturated heterocycles. The Morgan fingerprint density at radius 1 is 0.349 bits per heavy atom. The largest absolute Gasteiger partial charge is 0.462 e. The molecule has 0 amide bonds. The van der Waals surface area contributed by atoms with E-state index in [1.54, 1.807) is 0 Å². The minimum absolute atomic E-state index is 0.113. The quantitative estimate of drug-likeness (QED) is 0.0199. The summed E-state index contributed by atoms with van der Waals surface area (Å²) in [6.07, 6.45) is 68.0. The van der Waals surface area contributed by atoms with Crippen LogP contribution >= 0.6 is 0 Å². The maximum atomic E-state index is 12.8. The second-order valence-electron chi connectivity index (χ2n) is 16.4. The van der Waals surface area contributed by atoms with Gasteiger partial charge >= 0.3 is 17.9 Å². The lowest BCUT2D eigenvalue weighted by atomic mass is 10.1. The van der Waals surface area contributed by atoms with Gasteiger partial charge in [0, 0.05) is 19.3 Å². The van der Waals surface area contributed by atoms with Gasteiger partial charge in [0.25, 0.3) is 0 Å². The van der Waals surface area contributed by atoms with E-state index in [9.17, 15) is 14.4 Å². The molecule has 0 aliphatic carbocycles. The lowest BCUT2D eigenvalue weighted by Crippen LogP contribution is -2.30. The Morgan fingerprint density at radius 3 is 1.24 bits per heavy atom. The Kier molecular flexibility index (Phi) is 47.5. The van der Waals surface area contributed by atoms with Gasteiger partial charge in [0.1, 0.15) is 13.2 Å². The summed E-state index contributed by atoms with van der Waals surface area (Å²) in [5, 5.41) is 0. The highest BCUT2D eigenvalue weighted by Crippen LogP contribution is 2.13. The first kappa shape index (κ1) is 59.1. The summed E-state index contributed by atoms with van der Waals surface area (Å²) < 4.78 is 16.7. The fourth-order valence-electron chi connectivity index (χ4n) is 6.54. The molecule has 0 N–H and O–H groups in total. The van der Waals surface area contributed by atoms with Crippen molar-refractivity contribution < 1.29 is 28.6 Å². The van der Waals surface area contributed by atoms with Crippen LogP contribution in [-0.2, 0) is 28.6 Å². The van der Waals surface area contributed by atoms with Gasteiger partial charge in [0.2, 0.25) is 0 Å². The molecule has 0 aromatic heterocycles. The Hall–Kier alpha value is -3.93. The fourth-order valence-corrected chi connectivity index (χ4v) is 6.54. The van der Waals surface area contributed by atoms with Crippen molar-refractivity contribution in [2.75, 3.05) is 13.2 Å². The number of esters is 3. The monoisotopic (exact) mass is 873 g/mol. The predicted molar refractivity (Wildman–Crippen MR) is 270 cm³/mol. The summed E-state index contributed by atoms with van der Waals surface area (Å²) in [4.78, 5) is 37.9. The van der Waals surface area contributed by atoms with Crippen LogP contribution < -0.4 is 0 Å². The van der Waals surface area contributed by atoms with Crippen LogP contribution in [-0.4, -0.2) is 37.2 Å². The van der Waals surface area contributed by atoms with Gasteiger partial charge < -0.3 is 14.2 Å². The van der Waals surface area contributed by atoms with Gasteiger partial charge in [0.05, 0.1) is 0 Å². The SMILES string of the molecule is CC\C=C/C=C\C=C/CCCCCCCC(=O)OC(COC(=O)CC/C=C\C/C=C\CCCCCCCC)COC(=O)CCCCCCCC/C=C\C/C=C\C/C=C\C/C=C\CC. The molecule has 0 heterocycles. The van der Waals surface area contributed by atoms with Crippen LogP contribution in [0, 0.1) is 0 Å². The zero-order valence-electron chi connectivity index (χ0n) is 40.5. The molecule has 0 fully saturated rings. The first-order chi connectivity index (χ1) is 31.0. The van der Waals surface area contributed by atoms with Crippen molar-refractivity contribution in [3.8, 4) is 0 Å². The molecule has 0 radical (unpaired) electrons. The fraction of sp³-hybridized carbons (Fsp3) is 0.632. The highest BCUT2D eigenvalue weighted by molar-refractivity contribution is 5.71. The van der Waals surface area contributed by atoms with Gasteiger partial charge in [-0.15, -0.1) is 0 Å². The van der Waals surface area contributed by atoms with Crippen LogP contribution in [0.3, 0.4) is 0 Å². The predicted octanol–water partition coefficient (Wildman–Crippen LogP) is 16.8. The third-order valence-corrected chi connectivity index (χ3v) is 10.3. The van der Waals surface area contributed by atoms with Crippen LogP contribution in [0.4, 0.5) is 0 Å². The maximum Gasteiger partial charge on any atom is 0.306 e. The van der Waals surface area contributed by atoms with Crippen molar-refractivity contribution >= 4 is 17.9 Å². The third kappa shape index (κ3) is 49.0. The van der Waals surface area contributed by atoms with Crippen molar-refractivity contribution in [1.82, 2.24) is 0 Å². The highest BCUT2D eigenvalue weighted by atomic mass is 16.6. The van der Waals surface area contributed by atoms with Gasteiger partial charge in [0.15, 0.2) is 6.10 Å². The second-order valence-corrected chi connectivity index (χ2v) is 16.4. The molecule has 0 bridgehead atoms. The van der Waals surface area contributed by atoms with Crippen molar-refractivity contribution in [1.29, 1.82) is 0 Å². The van der Waals surface area contributed by atoms with Crippen molar-refractivity contribution in [3.05, 3.63) is 109 Å². The number of ether oxygens (including phenoxy) is 3. The highest BCUT2D eigenvalue weighted by Gasteiger charge is 2.19. The molecule has 0 saturated carbocycles. The van der Waals surface area contributed by atoms with Crippen molar-refractivity contribution in [2.45, 2.75) is 219 Å². The van der Waals surface area contributed by atoms with Crippen LogP contribution in [0.15, 0.2) is 109 Å². The van der Waals surface area contributed by atoms with Crippen LogP contribution in [0.5, 0.6) is 0 Å². The first-order valence-electron chi connectivity index (χ1n) is 25.4. The van der Waals surface area contributed by atoms with Gasteiger partial charge in [-0.2, -0.15) is 0 Å². The number of hydrogen-bond acceptors (Lipinski definition) is 6. The molecule has 1 unspecified atom stereocenters. The Morgan fingerprint density at radius 2 is 0.730 bits per heavy atom. The van der Waals surface area contributed by atoms with E-state index in [0.717, 1.165) is 116 Å². The minimum Gasteiger partial charge on any atom is -0.462 e. The molecule has 0 aromatic carbocycles. The lowest BCUT2D eigenvalue weighted by Gasteiger charge is -2.18. The van der Waals surface area contributed by atoms with E-state index in [2.05, 4.69) is 118 Å². The molecular weight excluding hydrogens is 781 g/mol. The average Bonchev–Trinajstić information content (AvgIpc) is 3.28. The van der Waals surface area contributed by atoms with Crippen molar-refractivity contribution in [3.63, 3.8) is 0 Å². The number of carbonyl (C=O) groups is 3. The number of unbranched alkanes of at least 4 members (excludes halogenated alkanes) is 17. The zero-order chi connectivity index (χ0) is 45.8. The Labute approximate surface area is 387 Å². The van der Waals surface area contributed by atoms with E-state index >= 15 is 0 Å². The molecule has 63 heavy (non-hydrogen) atoms. The summed E-state index contributed by atoms with van der Waals surface area (Å²) in [6, 6.07) is 0. The number of carbonyl (C=O) groups excluding carboxylic acids is 3. The van der Waals surface area contributed by atoms with Crippen LogP contribution in [0.1, 0.15) is 213 Å². The number of rotatable bonds is 44. The normalized spacial score (nSPS) is 13.0. The summed E-state index contributed by atoms with van der Waals surface area (Å²) in [5.74, 6) is -1.02. The van der Waals surface area contributed by atoms with E-state index in [-0.39, 0.29) is 44.0 Å². The van der Waals surface area contributed by atoms with Crippen molar-refractivity contribution in [2.24, 2.45) is 0 Å². The van der Waals surface area contributed by atoms with Crippen LogP contribution in [0.25, 0.3) is 0 Å². The standard InChI is InChI=1S/C57H92O6/c1-4-7-10-13-16-19-22-25-26-27-28-29-30-33-35-38-41-44-47-50-56(59)62-53-54(63-57(60)51-48-45-42-39-36-32-24-21-18-15-12-9-6-3)52-61-55(58)49-46-43-40-37-34-31-23-20-17-14-11-8-5-2/h7,9-10,12,15-16,18-19,21,24-26,28-29,31,34,40,43,54H,4-6,8,11,13-14,17,20,22-23,27,30,32-33,35-39,41-42,44-53H2,1-3H3/b10-7-,12-9-,18-15-,19-16-,24-21-,26-25-,29-28-,34-31-,43-40-. The van der Waals surface area contributed by atoms with E-state index < -0.39 is 6.10 Å². The topological polar surface area (TPSA) is 78.9 Å². The van der Waals surface area contributed by atoms with E-state index in [0.29, 0.717) is 12.8 Å². The Bertz CT molecular complexity index is 1330. The lowest BCUT2D eigenvalue weighted by molar-refractivity contribution is -0.166. The molecule has 0 spiro atoms. The Balaban J connectivity index is 4.48. The second kappa shape index (κ2) is 50.7. The summed E-state index contributed by atoms with van der Waals surface area (Å²) >= 11 is 0. The molecule has 6 heteroatoms. The van der Waals surface area contributed by atoms with Gasteiger partial charge in [-0.3, -0.25) is 14.4 Å². The smallest absolute Gasteiger partial charge is 0.306 e. The average molecular weight is 873 g/mol. The van der Waals surface area contributed by atoms with Gasteiger partial charge in [-0.25, -0.2) is 0 Å². The number of allylic oxidation sites excluding steroid dienone is 18. The van der Waals surface area contributed by atoms with Crippen LogP contribution in [0.2, 0.25) is 0 Å². The summed E-state index contributed by atoms with van der Waals surface area (Å²) in [5.41, 5.74) is 0. The van der Waals surface area contributed by atoms with E-state index in [1.165, 1.54) is 51.4 Å². The van der Waals surface area contributed by atoms with Gasteiger partial charge in [-0.05, 0) is 96.3 Å². The molecule has 356 valence electrons. The zero-order valence-corrected chi connectivity index (χ0v) is 40.5. The number of hydrogen-bond donors (Lipinski definition) is 0. The van der Waals surface area contributed by atoms with Gasteiger partial charge in [-0.1, -0.05) is 207 Å². The molecule has 1 atom stereocenters. The molecule has 6 nitrogen and oxygen atoms in total. The molecule has 0 aliphatic heterocycles. The van der Waals surface area contributed by atoms with E-state index in [1.807, 2.05) is 12.2 Å². The summed E-state index contributed by atoms with van der Waals surface area (Å²) in [7, 11) is 0. The maximum absolute atomic E-state index is 12.8. The van der Waals surface area contributed by atoms with E-state index in [4.69, 9.17) is 14.2 Å². The third-order valence-electron chi connectivity index (χ3n) is 10.3. The minimum atomic E-state index is -0.818.